The van der Waals surface area contributed by atoms with Gasteiger partial charge in [0.1, 0.15) is 12.5 Å². The standard InChI is InChI=1S/C16H20N2O4/c1-10-5-4-6-12(9-10)14-13(11(2)17-16(20)18-14)15(19)22-8-7-21-3/h4-6,9,13-14H,2,7-8H2,1,3H3,(H2,17,18,20)/t13-,14+/m1/s1. The Morgan fingerprint density at radius 3 is 2.82 bits per heavy atom. The molecule has 2 N–H and O–H groups in total. The maximum Gasteiger partial charge on any atom is 0.319 e. The smallest absolute Gasteiger partial charge is 0.319 e. The summed E-state index contributed by atoms with van der Waals surface area (Å²) >= 11 is 0. The van der Waals surface area contributed by atoms with Gasteiger partial charge in [-0.05, 0) is 12.5 Å². The molecule has 1 aromatic carbocycles. The molecule has 6 heteroatoms. The monoisotopic (exact) mass is 304 g/mol. The van der Waals surface area contributed by atoms with E-state index in [0.717, 1.165) is 11.1 Å². The molecule has 1 aliphatic rings. The Balaban J connectivity index is 2.24. The molecule has 0 saturated carbocycles. The Bertz CT molecular complexity index is 585. The van der Waals surface area contributed by atoms with Crippen LogP contribution in [0, 0.1) is 12.8 Å². The third-order valence-electron chi connectivity index (χ3n) is 3.46. The van der Waals surface area contributed by atoms with E-state index in [-0.39, 0.29) is 12.6 Å². The first-order chi connectivity index (χ1) is 10.5. The summed E-state index contributed by atoms with van der Waals surface area (Å²) in [5, 5.41) is 5.31. The lowest BCUT2D eigenvalue weighted by Gasteiger charge is -2.33. The number of hydrogen-bond donors (Lipinski definition) is 2. The fourth-order valence-corrected chi connectivity index (χ4v) is 2.42. The summed E-state index contributed by atoms with van der Waals surface area (Å²) in [6.45, 7) is 6.22. The molecular weight excluding hydrogens is 284 g/mol. The van der Waals surface area contributed by atoms with Crippen LogP contribution in [-0.4, -0.2) is 32.3 Å². The second-order valence-corrected chi connectivity index (χ2v) is 5.15. The van der Waals surface area contributed by atoms with Gasteiger partial charge in [-0.25, -0.2) is 4.79 Å². The van der Waals surface area contributed by atoms with Crippen LogP contribution in [0.15, 0.2) is 36.5 Å². The van der Waals surface area contributed by atoms with Crippen LogP contribution in [-0.2, 0) is 14.3 Å². The van der Waals surface area contributed by atoms with E-state index in [9.17, 15) is 9.59 Å². The lowest BCUT2D eigenvalue weighted by molar-refractivity contribution is -0.149. The van der Waals surface area contributed by atoms with Gasteiger partial charge in [-0.15, -0.1) is 0 Å². The largest absolute Gasteiger partial charge is 0.463 e. The highest BCUT2D eigenvalue weighted by molar-refractivity contribution is 5.85. The summed E-state index contributed by atoms with van der Waals surface area (Å²) < 4.78 is 10.1. The summed E-state index contributed by atoms with van der Waals surface area (Å²) in [7, 11) is 1.53. The predicted molar refractivity (Wildman–Crippen MR) is 81.1 cm³/mol. The minimum atomic E-state index is -0.684. The molecule has 1 heterocycles. The highest BCUT2D eigenvalue weighted by Gasteiger charge is 2.38. The van der Waals surface area contributed by atoms with Crippen LogP contribution >= 0.6 is 0 Å². The molecule has 2 rings (SSSR count). The number of aryl methyl sites for hydroxylation is 1. The van der Waals surface area contributed by atoms with E-state index in [1.165, 1.54) is 7.11 Å². The first-order valence-corrected chi connectivity index (χ1v) is 7.01. The van der Waals surface area contributed by atoms with Crippen molar-refractivity contribution < 1.29 is 19.1 Å². The number of nitrogens with one attached hydrogen (secondary N) is 2. The highest BCUT2D eigenvalue weighted by Crippen LogP contribution is 2.30. The van der Waals surface area contributed by atoms with E-state index >= 15 is 0 Å². The molecule has 0 aliphatic carbocycles. The lowest BCUT2D eigenvalue weighted by atomic mass is 9.88. The molecule has 118 valence electrons. The summed E-state index contributed by atoms with van der Waals surface area (Å²) in [5.41, 5.74) is 2.21. The number of esters is 1. The molecule has 1 saturated heterocycles. The van der Waals surface area contributed by atoms with Gasteiger partial charge < -0.3 is 20.1 Å². The molecule has 22 heavy (non-hydrogen) atoms. The van der Waals surface area contributed by atoms with E-state index in [4.69, 9.17) is 9.47 Å². The van der Waals surface area contributed by atoms with Gasteiger partial charge in [0.2, 0.25) is 0 Å². The van der Waals surface area contributed by atoms with Gasteiger partial charge in [-0.3, -0.25) is 4.79 Å². The average molecular weight is 304 g/mol. The maximum absolute atomic E-state index is 12.3. The van der Waals surface area contributed by atoms with Crippen molar-refractivity contribution in [2.75, 3.05) is 20.3 Å². The van der Waals surface area contributed by atoms with E-state index in [1.807, 2.05) is 31.2 Å². The summed E-state index contributed by atoms with van der Waals surface area (Å²) in [6.07, 6.45) is 0. The second-order valence-electron chi connectivity index (χ2n) is 5.15. The van der Waals surface area contributed by atoms with Crippen LogP contribution < -0.4 is 10.6 Å². The first kappa shape index (κ1) is 16.0. The molecule has 0 unspecified atom stereocenters. The van der Waals surface area contributed by atoms with Crippen molar-refractivity contribution in [3.05, 3.63) is 47.7 Å². The van der Waals surface area contributed by atoms with Crippen molar-refractivity contribution in [1.29, 1.82) is 0 Å². The number of benzene rings is 1. The van der Waals surface area contributed by atoms with Crippen molar-refractivity contribution >= 4 is 12.0 Å². The number of hydrogen-bond acceptors (Lipinski definition) is 4. The number of carbonyl (C=O) groups is 2. The van der Waals surface area contributed by atoms with Gasteiger partial charge in [0, 0.05) is 12.8 Å². The van der Waals surface area contributed by atoms with E-state index in [1.54, 1.807) is 0 Å². The molecule has 2 atom stereocenters. The summed E-state index contributed by atoms with van der Waals surface area (Å²) in [6, 6.07) is 6.75. The van der Waals surface area contributed by atoms with Crippen molar-refractivity contribution in [2.24, 2.45) is 5.92 Å². The zero-order valence-corrected chi connectivity index (χ0v) is 12.7. The van der Waals surface area contributed by atoms with Gasteiger partial charge in [-0.1, -0.05) is 36.4 Å². The Labute approximate surface area is 129 Å². The topological polar surface area (TPSA) is 76.7 Å². The fourth-order valence-electron chi connectivity index (χ4n) is 2.42. The Morgan fingerprint density at radius 2 is 2.14 bits per heavy atom. The van der Waals surface area contributed by atoms with Gasteiger partial charge in [0.25, 0.3) is 0 Å². The van der Waals surface area contributed by atoms with Crippen LogP contribution in [0.2, 0.25) is 0 Å². The molecule has 0 aromatic heterocycles. The van der Waals surface area contributed by atoms with Gasteiger partial charge in [0.05, 0.1) is 12.6 Å². The van der Waals surface area contributed by atoms with Crippen LogP contribution in [0.25, 0.3) is 0 Å². The Hall–Kier alpha value is -2.34. The lowest BCUT2D eigenvalue weighted by Crippen LogP contribution is -2.51. The minimum Gasteiger partial charge on any atom is -0.463 e. The Kier molecular flexibility index (Phi) is 5.16. The van der Waals surface area contributed by atoms with Gasteiger partial charge >= 0.3 is 12.0 Å². The maximum atomic E-state index is 12.3. The number of amides is 2. The second kappa shape index (κ2) is 7.09. The Morgan fingerprint density at radius 1 is 1.36 bits per heavy atom. The fraction of sp³-hybridized carbons (Fsp3) is 0.375. The van der Waals surface area contributed by atoms with Gasteiger partial charge in [-0.2, -0.15) is 0 Å². The quantitative estimate of drug-likeness (QED) is 0.641. The number of urea groups is 1. The molecule has 1 aromatic rings. The molecule has 6 nitrogen and oxygen atoms in total. The first-order valence-electron chi connectivity index (χ1n) is 7.01. The van der Waals surface area contributed by atoms with Gasteiger partial charge in [0.15, 0.2) is 0 Å². The SMILES string of the molecule is C=C1NC(=O)N[C@@H](c2cccc(C)c2)[C@@H]1C(=O)OCCOC. The number of rotatable bonds is 5. The van der Waals surface area contributed by atoms with E-state index in [2.05, 4.69) is 17.2 Å². The molecule has 1 aliphatic heterocycles. The van der Waals surface area contributed by atoms with Crippen molar-refractivity contribution in [1.82, 2.24) is 10.6 Å². The van der Waals surface area contributed by atoms with Crippen molar-refractivity contribution in [3.8, 4) is 0 Å². The third-order valence-corrected chi connectivity index (χ3v) is 3.46. The van der Waals surface area contributed by atoms with Crippen LogP contribution in [0.3, 0.4) is 0 Å². The molecule has 2 amide bonds. The highest BCUT2D eigenvalue weighted by atomic mass is 16.6. The molecule has 0 bridgehead atoms. The zero-order valence-electron chi connectivity index (χ0n) is 12.7. The summed E-state index contributed by atoms with van der Waals surface area (Å²) in [4.78, 5) is 24.0. The van der Waals surface area contributed by atoms with E-state index < -0.39 is 17.9 Å². The van der Waals surface area contributed by atoms with Crippen LogP contribution in [0.5, 0.6) is 0 Å². The van der Waals surface area contributed by atoms with E-state index in [0.29, 0.717) is 12.3 Å². The molecule has 0 spiro atoms. The number of methoxy groups -OCH3 is 1. The minimum absolute atomic E-state index is 0.160. The molecule has 1 fully saturated rings. The zero-order chi connectivity index (χ0) is 16.1. The van der Waals surface area contributed by atoms with Crippen LogP contribution in [0.1, 0.15) is 17.2 Å². The number of carbonyl (C=O) groups excluding carboxylic acids is 2. The normalized spacial score (nSPS) is 21.0. The number of ether oxygens (including phenoxy) is 2. The van der Waals surface area contributed by atoms with Crippen LogP contribution in [0.4, 0.5) is 4.79 Å². The summed E-state index contributed by atoms with van der Waals surface area (Å²) in [5.74, 6) is -1.13. The average Bonchev–Trinajstić information content (AvgIpc) is 2.46. The molecular formula is C16H20N2O4. The third kappa shape index (κ3) is 3.65. The molecule has 0 radical (unpaired) electrons. The van der Waals surface area contributed by atoms with Crippen molar-refractivity contribution in [3.63, 3.8) is 0 Å². The van der Waals surface area contributed by atoms with Crippen molar-refractivity contribution in [2.45, 2.75) is 13.0 Å². The predicted octanol–water partition coefficient (Wildman–Crippen LogP) is 1.67.